The fourth-order valence-electron chi connectivity index (χ4n) is 1.44. The molecule has 3 nitrogen and oxygen atoms in total. The Hall–Kier alpha value is -1.42. The third-order valence-corrected chi connectivity index (χ3v) is 9.40. The second-order valence-electron chi connectivity index (χ2n) is 7.11. The monoisotopic (exact) mass is 414 g/mol. The van der Waals surface area contributed by atoms with Crippen LogP contribution in [0.2, 0.25) is 18.1 Å². The van der Waals surface area contributed by atoms with Crippen molar-refractivity contribution in [3.05, 3.63) is 29.8 Å². The molecule has 1 aromatic rings. The van der Waals surface area contributed by atoms with Gasteiger partial charge in [0.15, 0.2) is 0 Å². The van der Waals surface area contributed by atoms with Gasteiger partial charge in [-0.1, -0.05) is 32.9 Å². The summed E-state index contributed by atoms with van der Waals surface area (Å²) in [4.78, 5) is 23.6. The SMILES string of the molecule is CC(C)(C)[Si](C)(C)OC(=O)c1ccccc1SC(=O)C(F)(F)C(F)(F)F. The molecule has 0 heterocycles. The van der Waals surface area contributed by atoms with Crippen molar-refractivity contribution in [3.63, 3.8) is 0 Å². The molecule has 0 atom stereocenters. The number of hydrogen-bond acceptors (Lipinski definition) is 4. The maximum absolute atomic E-state index is 13.2. The number of carbonyl (C=O) groups is 2. The van der Waals surface area contributed by atoms with Gasteiger partial charge in [-0.05, 0) is 42.0 Å². The molecule has 0 radical (unpaired) electrons. The zero-order valence-electron chi connectivity index (χ0n) is 14.8. The van der Waals surface area contributed by atoms with Gasteiger partial charge in [0.25, 0.3) is 13.4 Å². The van der Waals surface area contributed by atoms with Gasteiger partial charge in [-0.3, -0.25) is 4.79 Å². The molecule has 0 N–H and O–H groups in total. The van der Waals surface area contributed by atoms with Gasteiger partial charge in [0.1, 0.15) is 0 Å². The van der Waals surface area contributed by atoms with Gasteiger partial charge in [-0.2, -0.15) is 22.0 Å². The van der Waals surface area contributed by atoms with Crippen molar-refractivity contribution in [3.8, 4) is 0 Å². The van der Waals surface area contributed by atoms with Gasteiger partial charge in [0, 0.05) is 4.90 Å². The van der Waals surface area contributed by atoms with Crippen molar-refractivity contribution in [1.82, 2.24) is 0 Å². The van der Waals surface area contributed by atoms with Crippen LogP contribution in [0.5, 0.6) is 0 Å². The normalized spacial score (nSPS) is 13.5. The lowest BCUT2D eigenvalue weighted by Crippen LogP contribution is -2.43. The minimum absolute atomic E-state index is 0.228. The van der Waals surface area contributed by atoms with Crippen LogP contribution in [0, 0.1) is 0 Å². The molecule has 0 spiro atoms. The number of hydrogen-bond donors (Lipinski definition) is 0. The molecule has 0 unspecified atom stereocenters. The first-order chi connectivity index (χ1) is 11.5. The molecule has 0 fully saturated rings. The third-order valence-electron chi connectivity index (χ3n) is 4.08. The molecule has 0 saturated carbocycles. The highest BCUT2D eigenvalue weighted by Gasteiger charge is 2.63. The van der Waals surface area contributed by atoms with E-state index in [1.54, 1.807) is 13.1 Å². The van der Waals surface area contributed by atoms with E-state index in [4.69, 9.17) is 4.43 Å². The van der Waals surface area contributed by atoms with E-state index < -0.39 is 31.5 Å². The first-order valence-corrected chi connectivity index (χ1v) is 11.2. The van der Waals surface area contributed by atoms with Crippen LogP contribution in [0.3, 0.4) is 0 Å². The number of thioether (sulfide) groups is 1. The molecule has 0 aliphatic carbocycles. The van der Waals surface area contributed by atoms with E-state index in [9.17, 15) is 31.5 Å². The number of carbonyl (C=O) groups excluding carboxylic acids is 2. The van der Waals surface area contributed by atoms with Crippen molar-refractivity contribution in [2.24, 2.45) is 0 Å². The Morgan fingerprint density at radius 3 is 1.96 bits per heavy atom. The molecule has 0 aliphatic heterocycles. The van der Waals surface area contributed by atoms with E-state index in [0.717, 1.165) is 6.07 Å². The fraction of sp³-hybridized carbons (Fsp3) is 0.500. The van der Waals surface area contributed by atoms with E-state index in [2.05, 4.69) is 0 Å². The molecule has 1 rings (SSSR count). The van der Waals surface area contributed by atoms with Crippen LogP contribution in [0.15, 0.2) is 29.2 Å². The summed E-state index contributed by atoms with van der Waals surface area (Å²) in [7, 11) is -2.55. The van der Waals surface area contributed by atoms with Gasteiger partial charge in [0.05, 0.1) is 5.56 Å². The first-order valence-electron chi connectivity index (χ1n) is 7.50. The number of alkyl halides is 5. The first kappa shape index (κ1) is 22.6. The second kappa shape index (κ2) is 7.30. The minimum Gasteiger partial charge on any atom is -0.516 e. The topological polar surface area (TPSA) is 43.4 Å². The van der Waals surface area contributed by atoms with Gasteiger partial charge in [-0.25, -0.2) is 4.79 Å². The zero-order chi connectivity index (χ0) is 20.6. The quantitative estimate of drug-likeness (QED) is 0.362. The lowest BCUT2D eigenvalue weighted by molar-refractivity contribution is -0.264. The Labute approximate surface area is 153 Å². The highest BCUT2D eigenvalue weighted by Crippen LogP contribution is 2.42. The third kappa shape index (κ3) is 4.85. The zero-order valence-corrected chi connectivity index (χ0v) is 16.6. The van der Waals surface area contributed by atoms with E-state index in [1.807, 2.05) is 20.8 Å². The number of benzene rings is 1. The summed E-state index contributed by atoms with van der Waals surface area (Å²) < 4.78 is 68.8. The Morgan fingerprint density at radius 2 is 1.50 bits per heavy atom. The molecular formula is C16H19F5O3SSi. The van der Waals surface area contributed by atoms with E-state index in [-0.39, 0.29) is 27.3 Å². The summed E-state index contributed by atoms with van der Waals surface area (Å²) in [6.07, 6.45) is -6.01. The highest BCUT2D eigenvalue weighted by atomic mass is 32.2. The van der Waals surface area contributed by atoms with E-state index in [1.165, 1.54) is 18.2 Å². The number of halogens is 5. The van der Waals surface area contributed by atoms with Crippen molar-refractivity contribution in [1.29, 1.82) is 0 Å². The Bertz CT molecular complexity index is 696. The molecule has 0 aromatic heterocycles. The van der Waals surface area contributed by atoms with Gasteiger partial charge >= 0.3 is 18.1 Å². The average Bonchev–Trinajstić information content (AvgIpc) is 2.44. The Balaban J connectivity index is 3.13. The van der Waals surface area contributed by atoms with Gasteiger partial charge in [0.2, 0.25) is 0 Å². The standard InChI is InChI=1S/C16H19F5O3SSi/c1-14(2,3)26(4,5)24-12(22)10-8-6-7-9-11(10)25-13(23)15(17,18)16(19,20)21/h6-9H,1-5H3. The van der Waals surface area contributed by atoms with Crippen molar-refractivity contribution < 1.29 is 36.0 Å². The highest BCUT2D eigenvalue weighted by molar-refractivity contribution is 8.14. The molecule has 146 valence electrons. The summed E-state index contributed by atoms with van der Waals surface area (Å²) in [5, 5.41) is -2.73. The second-order valence-corrected chi connectivity index (χ2v) is 12.8. The predicted molar refractivity (Wildman–Crippen MR) is 90.9 cm³/mol. The molecule has 0 bridgehead atoms. The van der Waals surface area contributed by atoms with Crippen LogP contribution in [0.4, 0.5) is 22.0 Å². The smallest absolute Gasteiger partial charge is 0.462 e. The minimum atomic E-state index is -6.01. The maximum Gasteiger partial charge on any atom is 0.462 e. The lowest BCUT2D eigenvalue weighted by Gasteiger charge is -2.35. The molecule has 0 aliphatic rings. The van der Waals surface area contributed by atoms with Crippen molar-refractivity contribution >= 4 is 31.2 Å². The van der Waals surface area contributed by atoms with E-state index in [0.29, 0.717) is 0 Å². The summed E-state index contributed by atoms with van der Waals surface area (Å²) in [5.74, 6) is -6.38. The maximum atomic E-state index is 13.2. The molecule has 1 aromatic carbocycles. The molecule has 10 heteroatoms. The van der Waals surface area contributed by atoms with Crippen molar-refractivity contribution in [2.75, 3.05) is 0 Å². The van der Waals surface area contributed by atoms with Crippen LogP contribution in [0.1, 0.15) is 31.1 Å². The van der Waals surface area contributed by atoms with Crippen LogP contribution in [-0.4, -0.2) is 31.5 Å². The van der Waals surface area contributed by atoms with Crippen LogP contribution >= 0.6 is 11.8 Å². The predicted octanol–water partition coefficient (Wildman–Crippen LogP) is 5.66. The van der Waals surface area contributed by atoms with E-state index >= 15 is 0 Å². The summed E-state index contributed by atoms with van der Waals surface area (Å²) in [6.45, 7) is 9.19. The summed E-state index contributed by atoms with van der Waals surface area (Å²) in [6, 6.07) is 5.07. The fourth-order valence-corrected chi connectivity index (χ4v) is 3.17. The largest absolute Gasteiger partial charge is 0.516 e. The average molecular weight is 414 g/mol. The molecule has 26 heavy (non-hydrogen) atoms. The molecule has 0 saturated heterocycles. The Kier molecular flexibility index (Phi) is 6.35. The molecule has 0 amide bonds. The Morgan fingerprint density at radius 1 is 1.00 bits per heavy atom. The van der Waals surface area contributed by atoms with Crippen LogP contribution < -0.4 is 0 Å². The van der Waals surface area contributed by atoms with Gasteiger partial charge in [-0.15, -0.1) is 0 Å². The van der Waals surface area contributed by atoms with Crippen molar-refractivity contribution in [2.45, 2.75) is 55.9 Å². The summed E-state index contributed by atoms with van der Waals surface area (Å²) >= 11 is -0.328. The summed E-state index contributed by atoms with van der Waals surface area (Å²) in [5.41, 5.74) is -0.228. The van der Waals surface area contributed by atoms with Crippen LogP contribution in [0.25, 0.3) is 0 Å². The van der Waals surface area contributed by atoms with Gasteiger partial charge < -0.3 is 4.43 Å². The van der Waals surface area contributed by atoms with Crippen LogP contribution in [-0.2, 0) is 9.22 Å². The lowest BCUT2D eigenvalue weighted by atomic mass is 10.2. The number of rotatable bonds is 4. The molecular weight excluding hydrogens is 395 g/mol.